The second-order valence-corrected chi connectivity index (χ2v) is 5.79. The molecule has 0 radical (unpaired) electrons. The standard InChI is InChI=1S/C17H33N3.C2H6/c1-6-10-16(11-7-2)20(12-8-3)17-18-14(5)13-15(9-4)19-17;1-2/h13-14,16H,6-12H2,1-5H3,(H,18,19);1-2H3. The molecule has 0 saturated carbocycles. The minimum Gasteiger partial charge on any atom is -0.340 e. The van der Waals surface area contributed by atoms with E-state index >= 15 is 0 Å². The number of guanidine groups is 1. The van der Waals surface area contributed by atoms with E-state index < -0.39 is 0 Å². The van der Waals surface area contributed by atoms with Gasteiger partial charge in [0, 0.05) is 18.3 Å². The lowest BCUT2D eigenvalue weighted by molar-refractivity contribution is 0.268. The Hall–Kier alpha value is -0.990. The Kier molecular flexibility index (Phi) is 12.0. The summed E-state index contributed by atoms with van der Waals surface area (Å²) in [6, 6.07) is 0.920. The third-order valence-corrected chi connectivity index (χ3v) is 3.84. The lowest BCUT2D eigenvalue weighted by atomic mass is 10.0. The highest BCUT2D eigenvalue weighted by Crippen LogP contribution is 2.17. The van der Waals surface area contributed by atoms with Gasteiger partial charge in [-0.3, -0.25) is 0 Å². The van der Waals surface area contributed by atoms with Gasteiger partial charge in [0.1, 0.15) is 0 Å². The average molecular weight is 310 g/mol. The molecule has 3 nitrogen and oxygen atoms in total. The largest absolute Gasteiger partial charge is 0.340 e. The van der Waals surface area contributed by atoms with E-state index in [4.69, 9.17) is 4.99 Å². The van der Waals surface area contributed by atoms with Crippen molar-refractivity contribution in [1.82, 2.24) is 10.2 Å². The van der Waals surface area contributed by atoms with Crippen LogP contribution in [0.5, 0.6) is 0 Å². The van der Waals surface area contributed by atoms with Crippen LogP contribution < -0.4 is 5.32 Å². The molecule has 130 valence electrons. The molecule has 0 spiro atoms. The van der Waals surface area contributed by atoms with Gasteiger partial charge in [0.05, 0.1) is 6.04 Å². The molecule has 0 fully saturated rings. The molecule has 0 bridgehead atoms. The fourth-order valence-corrected chi connectivity index (χ4v) is 2.92. The Morgan fingerprint density at radius 3 is 2.14 bits per heavy atom. The molecule has 1 unspecified atom stereocenters. The van der Waals surface area contributed by atoms with Gasteiger partial charge < -0.3 is 10.2 Å². The third-order valence-electron chi connectivity index (χ3n) is 3.84. The van der Waals surface area contributed by atoms with Crippen LogP contribution in [-0.2, 0) is 0 Å². The zero-order valence-electron chi connectivity index (χ0n) is 16.1. The van der Waals surface area contributed by atoms with Crippen LogP contribution in [0.15, 0.2) is 16.8 Å². The van der Waals surface area contributed by atoms with E-state index in [2.05, 4.69) is 50.9 Å². The molecule has 1 rings (SSSR count). The summed E-state index contributed by atoms with van der Waals surface area (Å²) in [4.78, 5) is 7.36. The van der Waals surface area contributed by atoms with Crippen LogP contribution in [0.25, 0.3) is 0 Å². The summed E-state index contributed by atoms with van der Waals surface area (Å²) in [5.74, 6) is 1.10. The van der Waals surface area contributed by atoms with Crippen molar-refractivity contribution in [3.63, 3.8) is 0 Å². The van der Waals surface area contributed by atoms with Crippen molar-refractivity contribution in [3.8, 4) is 0 Å². The number of nitrogens with one attached hydrogen (secondary N) is 1. The van der Waals surface area contributed by atoms with Crippen LogP contribution >= 0.6 is 0 Å². The zero-order chi connectivity index (χ0) is 17.0. The highest BCUT2D eigenvalue weighted by Gasteiger charge is 2.23. The Bertz CT molecular complexity index is 328. The van der Waals surface area contributed by atoms with Crippen molar-refractivity contribution in [3.05, 3.63) is 11.8 Å². The minimum absolute atomic E-state index is 0.296. The maximum Gasteiger partial charge on any atom is 0.199 e. The molecule has 1 N–H and O–H groups in total. The van der Waals surface area contributed by atoms with E-state index in [1.807, 2.05) is 13.8 Å². The lowest BCUT2D eigenvalue weighted by Gasteiger charge is -2.36. The van der Waals surface area contributed by atoms with Crippen molar-refractivity contribution in [2.24, 2.45) is 4.99 Å². The van der Waals surface area contributed by atoms with Crippen LogP contribution in [-0.4, -0.2) is 29.5 Å². The average Bonchev–Trinajstić information content (AvgIpc) is 2.53. The van der Waals surface area contributed by atoms with Crippen molar-refractivity contribution in [2.45, 2.75) is 99.1 Å². The molecule has 0 aromatic carbocycles. The maximum atomic E-state index is 4.84. The first-order valence-electron chi connectivity index (χ1n) is 9.48. The van der Waals surface area contributed by atoms with Crippen LogP contribution in [0.4, 0.5) is 0 Å². The van der Waals surface area contributed by atoms with Gasteiger partial charge in [-0.1, -0.05) is 54.4 Å². The Morgan fingerprint density at radius 2 is 1.68 bits per heavy atom. The molecule has 22 heavy (non-hydrogen) atoms. The molecule has 1 heterocycles. The monoisotopic (exact) mass is 309 g/mol. The van der Waals surface area contributed by atoms with Gasteiger partial charge in [-0.25, -0.2) is 4.99 Å². The fraction of sp³-hybridized carbons (Fsp3) is 0.842. The molecule has 0 aromatic rings. The molecule has 0 amide bonds. The number of rotatable bonds is 8. The summed E-state index contributed by atoms with van der Waals surface area (Å²) in [6.45, 7) is 16.3. The molecule has 3 heteroatoms. The van der Waals surface area contributed by atoms with Crippen molar-refractivity contribution in [2.75, 3.05) is 6.54 Å². The highest BCUT2D eigenvalue weighted by atomic mass is 15.3. The zero-order valence-corrected chi connectivity index (χ0v) is 16.1. The molecule has 1 aliphatic rings. The number of hydrogen-bond donors (Lipinski definition) is 1. The molecule has 0 aliphatic carbocycles. The number of nitrogens with zero attached hydrogens (tertiary/aromatic N) is 2. The first-order chi connectivity index (χ1) is 10.7. The van der Waals surface area contributed by atoms with Crippen LogP contribution in [0.2, 0.25) is 0 Å². The van der Waals surface area contributed by atoms with Crippen LogP contribution in [0.3, 0.4) is 0 Å². The minimum atomic E-state index is 0.296. The van der Waals surface area contributed by atoms with Crippen LogP contribution in [0.1, 0.15) is 87.0 Å². The SMILES string of the molecule is CC.CCCC(CCC)N(CCC)C1=NC(C)C=C(CC)N1. The molecular formula is C19H39N3. The Labute approximate surface area is 139 Å². The van der Waals surface area contributed by atoms with Crippen LogP contribution in [0, 0.1) is 0 Å². The third kappa shape index (κ3) is 6.85. The summed E-state index contributed by atoms with van der Waals surface area (Å²) in [5, 5.41) is 3.55. The van der Waals surface area contributed by atoms with Gasteiger partial charge in [-0.2, -0.15) is 0 Å². The predicted molar refractivity (Wildman–Crippen MR) is 100 cm³/mol. The summed E-state index contributed by atoms with van der Waals surface area (Å²) in [6.07, 6.45) is 9.46. The summed E-state index contributed by atoms with van der Waals surface area (Å²) in [7, 11) is 0. The smallest absolute Gasteiger partial charge is 0.199 e. The second kappa shape index (κ2) is 12.5. The molecular weight excluding hydrogens is 270 g/mol. The number of hydrogen-bond acceptors (Lipinski definition) is 3. The number of allylic oxidation sites excluding steroid dienone is 1. The lowest BCUT2D eigenvalue weighted by Crippen LogP contribution is -2.49. The maximum absolute atomic E-state index is 4.84. The van der Waals surface area contributed by atoms with Gasteiger partial charge >= 0.3 is 0 Å². The summed E-state index contributed by atoms with van der Waals surface area (Å²) < 4.78 is 0. The highest BCUT2D eigenvalue weighted by molar-refractivity contribution is 5.83. The molecule has 1 atom stereocenters. The van der Waals surface area contributed by atoms with E-state index in [1.165, 1.54) is 37.8 Å². The fourth-order valence-electron chi connectivity index (χ4n) is 2.92. The van der Waals surface area contributed by atoms with Crippen molar-refractivity contribution < 1.29 is 0 Å². The van der Waals surface area contributed by atoms with Gasteiger partial charge in [0.15, 0.2) is 5.96 Å². The van der Waals surface area contributed by atoms with E-state index in [-0.39, 0.29) is 0 Å². The van der Waals surface area contributed by atoms with E-state index in [0.717, 1.165) is 18.9 Å². The predicted octanol–water partition coefficient (Wildman–Crippen LogP) is 5.34. The van der Waals surface area contributed by atoms with Gasteiger partial charge in [-0.05, 0) is 38.7 Å². The number of aliphatic imine (C=N–C) groups is 1. The topological polar surface area (TPSA) is 27.6 Å². The van der Waals surface area contributed by atoms with Gasteiger partial charge in [0.2, 0.25) is 0 Å². The van der Waals surface area contributed by atoms with E-state index in [0.29, 0.717) is 12.1 Å². The van der Waals surface area contributed by atoms with E-state index in [9.17, 15) is 0 Å². The summed E-state index contributed by atoms with van der Waals surface area (Å²) >= 11 is 0. The van der Waals surface area contributed by atoms with E-state index in [1.54, 1.807) is 0 Å². The van der Waals surface area contributed by atoms with Crippen molar-refractivity contribution in [1.29, 1.82) is 0 Å². The summed E-state index contributed by atoms with van der Waals surface area (Å²) in [5.41, 5.74) is 1.32. The second-order valence-electron chi connectivity index (χ2n) is 5.79. The van der Waals surface area contributed by atoms with Crippen molar-refractivity contribution >= 4 is 5.96 Å². The van der Waals surface area contributed by atoms with Gasteiger partial charge in [0.25, 0.3) is 0 Å². The first kappa shape index (κ1) is 21.0. The Morgan fingerprint density at radius 1 is 1.09 bits per heavy atom. The quantitative estimate of drug-likeness (QED) is 0.656. The normalized spacial score (nSPS) is 17.2. The van der Waals surface area contributed by atoms with Gasteiger partial charge in [-0.15, -0.1) is 0 Å². The Balaban J connectivity index is 0.00000211. The molecule has 0 aromatic heterocycles. The molecule has 1 aliphatic heterocycles. The first-order valence-corrected chi connectivity index (χ1v) is 9.48. The molecule has 0 saturated heterocycles.